The van der Waals surface area contributed by atoms with Gasteiger partial charge in [-0.05, 0) is 19.1 Å². The van der Waals surface area contributed by atoms with Crippen LogP contribution < -0.4 is 5.32 Å². The van der Waals surface area contributed by atoms with E-state index in [1.165, 1.54) is 18.3 Å². The first kappa shape index (κ1) is 12.0. The maximum atomic E-state index is 10.6. The zero-order chi connectivity index (χ0) is 13.0. The number of anilines is 1. The van der Waals surface area contributed by atoms with Crippen LogP contribution in [0.5, 0.6) is 0 Å². The lowest BCUT2D eigenvalue weighted by Gasteiger charge is -2.05. The van der Waals surface area contributed by atoms with Crippen molar-refractivity contribution in [1.82, 2.24) is 9.97 Å². The van der Waals surface area contributed by atoms with Crippen LogP contribution in [0.1, 0.15) is 11.4 Å². The van der Waals surface area contributed by atoms with Gasteiger partial charge in [0.2, 0.25) is 0 Å². The van der Waals surface area contributed by atoms with Crippen LogP contribution in [0.3, 0.4) is 0 Å². The van der Waals surface area contributed by atoms with E-state index < -0.39 is 4.92 Å². The predicted octanol–water partition coefficient (Wildman–Crippen LogP) is 2.31. The van der Waals surface area contributed by atoms with Crippen molar-refractivity contribution in [2.75, 3.05) is 5.32 Å². The Bertz CT molecular complexity index is 572. The van der Waals surface area contributed by atoms with Gasteiger partial charge in [0, 0.05) is 18.0 Å². The van der Waals surface area contributed by atoms with Crippen molar-refractivity contribution in [2.24, 2.45) is 0 Å². The molecular weight excluding hydrogens is 232 g/mol. The first-order chi connectivity index (χ1) is 8.65. The minimum absolute atomic E-state index is 0.0182. The van der Waals surface area contributed by atoms with Crippen LogP contribution >= 0.6 is 0 Å². The lowest BCUT2D eigenvalue weighted by atomic mass is 10.3. The molecule has 6 nitrogen and oxygen atoms in total. The molecule has 92 valence electrons. The topological polar surface area (TPSA) is 81.0 Å². The average Bonchev–Trinajstić information content (AvgIpc) is 2.37. The second-order valence-electron chi connectivity index (χ2n) is 3.78. The number of hydrogen-bond acceptors (Lipinski definition) is 5. The summed E-state index contributed by atoms with van der Waals surface area (Å²) in [6, 6.07) is 8.47. The Morgan fingerprint density at radius 2 is 2.22 bits per heavy atom. The second-order valence-corrected chi connectivity index (χ2v) is 3.78. The zero-order valence-corrected chi connectivity index (χ0v) is 9.83. The maximum Gasteiger partial charge on any atom is 0.274 e. The van der Waals surface area contributed by atoms with E-state index in [0.717, 1.165) is 11.4 Å². The lowest BCUT2D eigenvalue weighted by Crippen LogP contribution is -2.04. The minimum atomic E-state index is -0.447. The number of pyridine rings is 2. The van der Waals surface area contributed by atoms with E-state index in [0.29, 0.717) is 12.4 Å². The summed E-state index contributed by atoms with van der Waals surface area (Å²) in [4.78, 5) is 18.5. The quantitative estimate of drug-likeness (QED) is 0.659. The van der Waals surface area contributed by atoms with E-state index in [1.54, 1.807) is 0 Å². The van der Waals surface area contributed by atoms with Crippen molar-refractivity contribution in [1.29, 1.82) is 0 Å². The highest BCUT2D eigenvalue weighted by Crippen LogP contribution is 2.14. The number of nitro groups is 1. The van der Waals surface area contributed by atoms with Crippen LogP contribution in [0.25, 0.3) is 0 Å². The van der Waals surface area contributed by atoms with Gasteiger partial charge < -0.3 is 5.32 Å². The molecule has 2 aromatic rings. The molecule has 0 radical (unpaired) electrons. The van der Waals surface area contributed by atoms with Crippen LogP contribution in [0.4, 0.5) is 11.5 Å². The molecule has 0 aliphatic carbocycles. The molecule has 2 rings (SSSR count). The van der Waals surface area contributed by atoms with Gasteiger partial charge in [-0.25, -0.2) is 4.98 Å². The standard InChI is InChI=1S/C12H12N4O2/c1-9-3-2-4-10(15-9)8-14-12-7-11(16(17)18)5-6-13-12/h2-7H,8H2,1H3,(H,13,14). The van der Waals surface area contributed by atoms with Gasteiger partial charge in [-0.1, -0.05) is 6.07 Å². The summed E-state index contributed by atoms with van der Waals surface area (Å²) < 4.78 is 0. The van der Waals surface area contributed by atoms with Crippen molar-refractivity contribution in [3.63, 3.8) is 0 Å². The number of nitrogens with zero attached hydrogens (tertiary/aromatic N) is 3. The normalized spacial score (nSPS) is 10.1. The maximum absolute atomic E-state index is 10.6. The molecule has 0 bridgehead atoms. The molecule has 0 amide bonds. The van der Waals surface area contributed by atoms with Crippen LogP contribution in [0.2, 0.25) is 0 Å². The molecule has 18 heavy (non-hydrogen) atoms. The summed E-state index contributed by atoms with van der Waals surface area (Å²) in [5.74, 6) is 0.465. The molecule has 2 aromatic heterocycles. The third kappa shape index (κ3) is 3.00. The third-order valence-corrected chi connectivity index (χ3v) is 2.35. The molecule has 0 unspecified atom stereocenters. The second kappa shape index (κ2) is 5.22. The van der Waals surface area contributed by atoms with E-state index >= 15 is 0 Å². The fraction of sp³-hybridized carbons (Fsp3) is 0.167. The molecule has 0 atom stereocenters. The fourth-order valence-electron chi connectivity index (χ4n) is 1.51. The van der Waals surface area contributed by atoms with E-state index in [9.17, 15) is 10.1 Å². The highest BCUT2D eigenvalue weighted by molar-refractivity contribution is 5.44. The lowest BCUT2D eigenvalue weighted by molar-refractivity contribution is -0.384. The van der Waals surface area contributed by atoms with Gasteiger partial charge in [0.15, 0.2) is 0 Å². The van der Waals surface area contributed by atoms with Gasteiger partial charge in [0.05, 0.1) is 23.2 Å². The fourth-order valence-corrected chi connectivity index (χ4v) is 1.51. The molecule has 0 saturated heterocycles. The highest BCUT2D eigenvalue weighted by atomic mass is 16.6. The summed E-state index contributed by atoms with van der Waals surface area (Å²) in [7, 11) is 0. The first-order valence-corrected chi connectivity index (χ1v) is 5.42. The van der Waals surface area contributed by atoms with Gasteiger partial charge in [0.25, 0.3) is 5.69 Å². The third-order valence-electron chi connectivity index (χ3n) is 2.35. The van der Waals surface area contributed by atoms with E-state index in [-0.39, 0.29) is 5.69 Å². The molecule has 2 heterocycles. The van der Waals surface area contributed by atoms with Gasteiger partial charge in [-0.3, -0.25) is 15.1 Å². The monoisotopic (exact) mass is 244 g/mol. The Hall–Kier alpha value is -2.50. The van der Waals surface area contributed by atoms with Crippen molar-refractivity contribution in [3.8, 4) is 0 Å². The number of nitrogens with one attached hydrogen (secondary N) is 1. The molecule has 0 saturated carbocycles. The number of rotatable bonds is 4. The van der Waals surface area contributed by atoms with Crippen LogP contribution in [-0.2, 0) is 6.54 Å². The minimum Gasteiger partial charge on any atom is -0.364 e. The van der Waals surface area contributed by atoms with Crippen LogP contribution in [-0.4, -0.2) is 14.9 Å². The molecule has 0 aromatic carbocycles. The van der Waals surface area contributed by atoms with Crippen molar-refractivity contribution >= 4 is 11.5 Å². The highest BCUT2D eigenvalue weighted by Gasteiger charge is 2.06. The molecular formula is C12H12N4O2. The first-order valence-electron chi connectivity index (χ1n) is 5.42. The summed E-state index contributed by atoms with van der Waals surface area (Å²) in [5, 5.41) is 13.6. The largest absolute Gasteiger partial charge is 0.364 e. The van der Waals surface area contributed by atoms with E-state index in [4.69, 9.17) is 0 Å². The Kier molecular flexibility index (Phi) is 3.47. The smallest absolute Gasteiger partial charge is 0.274 e. The Morgan fingerprint density at radius 3 is 2.94 bits per heavy atom. The zero-order valence-electron chi connectivity index (χ0n) is 9.83. The average molecular weight is 244 g/mol. The van der Waals surface area contributed by atoms with E-state index in [2.05, 4.69) is 15.3 Å². The molecule has 1 N–H and O–H groups in total. The van der Waals surface area contributed by atoms with Gasteiger partial charge >= 0.3 is 0 Å². The Balaban J connectivity index is 2.06. The van der Waals surface area contributed by atoms with Crippen molar-refractivity contribution < 1.29 is 4.92 Å². The van der Waals surface area contributed by atoms with Gasteiger partial charge in [-0.15, -0.1) is 0 Å². The molecule has 0 aliphatic rings. The van der Waals surface area contributed by atoms with Crippen molar-refractivity contribution in [3.05, 3.63) is 58.0 Å². The summed E-state index contributed by atoms with van der Waals surface area (Å²) in [6.07, 6.45) is 1.41. The van der Waals surface area contributed by atoms with Crippen LogP contribution in [0, 0.1) is 17.0 Å². The molecule has 0 spiro atoms. The predicted molar refractivity (Wildman–Crippen MR) is 67.2 cm³/mol. The summed E-state index contributed by atoms with van der Waals surface area (Å²) >= 11 is 0. The number of hydrogen-bond donors (Lipinski definition) is 1. The number of aryl methyl sites for hydroxylation is 1. The van der Waals surface area contributed by atoms with Gasteiger partial charge in [-0.2, -0.15) is 0 Å². The number of aromatic nitrogens is 2. The van der Waals surface area contributed by atoms with Crippen LogP contribution in [0.15, 0.2) is 36.5 Å². The Labute approximate surface area is 104 Å². The summed E-state index contributed by atoms with van der Waals surface area (Å²) in [5.41, 5.74) is 1.81. The summed E-state index contributed by atoms with van der Waals surface area (Å²) in [6.45, 7) is 2.39. The molecule has 0 fully saturated rings. The van der Waals surface area contributed by atoms with E-state index in [1.807, 2.05) is 25.1 Å². The molecule has 6 heteroatoms. The van der Waals surface area contributed by atoms with Crippen molar-refractivity contribution in [2.45, 2.75) is 13.5 Å². The van der Waals surface area contributed by atoms with Gasteiger partial charge in [0.1, 0.15) is 5.82 Å². The molecule has 0 aliphatic heterocycles. The SMILES string of the molecule is Cc1cccc(CNc2cc([N+](=O)[O-])ccn2)n1. The Morgan fingerprint density at radius 1 is 1.39 bits per heavy atom.